The maximum absolute atomic E-state index is 14.3. The number of unbranched alkanes of at least 4 members (excludes halogenated alkanes) is 22. The third-order valence-corrected chi connectivity index (χ3v) is 17.7. The van der Waals surface area contributed by atoms with E-state index in [1.54, 1.807) is 0 Å². The van der Waals surface area contributed by atoms with E-state index in [2.05, 4.69) is 26.0 Å². The lowest BCUT2D eigenvalue weighted by molar-refractivity contribution is -0.364. The van der Waals surface area contributed by atoms with Crippen molar-refractivity contribution >= 4 is 19.8 Å². The number of aliphatic hydroxyl groups is 14. The number of phosphoric acid groups is 1. The maximum atomic E-state index is 14.3. The van der Waals surface area contributed by atoms with E-state index in [1.165, 1.54) is 77.0 Å². The number of ether oxygens (including phenoxy) is 8. The summed E-state index contributed by atoms with van der Waals surface area (Å²) in [6, 6.07) is 0. The monoisotopic (exact) mass is 1310 g/mol. The van der Waals surface area contributed by atoms with E-state index in [9.17, 15) is 90.5 Å². The molecule has 0 amide bonds. The van der Waals surface area contributed by atoms with Crippen LogP contribution in [0.25, 0.3) is 0 Å². The minimum atomic E-state index is -5.75. The molecule has 15 N–H and O–H groups in total. The highest BCUT2D eigenvalue weighted by Gasteiger charge is 2.58. The Morgan fingerprint density at radius 3 is 1.27 bits per heavy atom. The minimum Gasteiger partial charge on any atom is -0.462 e. The van der Waals surface area contributed by atoms with Gasteiger partial charge in [-0.15, -0.1) is 0 Å². The Morgan fingerprint density at radius 1 is 0.438 bits per heavy atom. The molecule has 4 fully saturated rings. The second-order valence-electron chi connectivity index (χ2n) is 24.0. The second-order valence-corrected chi connectivity index (χ2v) is 25.4. The van der Waals surface area contributed by atoms with Gasteiger partial charge in [-0.2, -0.15) is 0 Å². The number of aliphatic hydroxyl groups excluding tert-OH is 14. The lowest BCUT2D eigenvalue weighted by Crippen LogP contribution is -2.69. The molecule has 29 heteroatoms. The molecule has 0 aromatic carbocycles. The standard InChI is InChI=1S/C60H109O28P/c1-3-5-7-9-11-13-15-17-19-20-22-24-26-28-30-41(63)79-34-37(82-42(64)31-29-27-25-23-21-18-16-14-12-10-8-6-4-2)35-81-89(77,78)88-57-55(86-59-53(75)47(69)44(66)39(33-62)84-59)50(72)49(71)51(73)56(57)87-60-54(76)48(70)45(67)40(85-60)36-80-58-52(74)46(68)43(65)38(32-61)83-58/h14,16,37-40,43-62,65-76H,3-13,15,17-36H2,1-2H3,(H,77,78)/b16-14-/t37-,38?,39?,40?,43+,44-,45+,46?,47?,48?,49+,50?,51?,52+,53-,54+,55-,56?,57+,58-,59-,60+/m1/s1. The number of allylic oxidation sites excluding steroid dienone is 2. The summed E-state index contributed by atoms with van der Waals surface area (Å²) in [7, 11) is -5.75. The molecule has 3 saturated heterocycles. The molecule has 23 atom stereocenters. The number of carbonyl (C=O) groups excluding carboxylic acids is 2. The number of hydrogen-bond acceptors (Lipinski definition) is 27. The predicted octanol–water partition coefficient (Wildman–Crippen LogP) is 1.36. The second kappa shape index (κ2) is 43.1. The van der Waals surface area contributed by atoms with Crippen molar-refractivity contribution in [3.05, 3.63) is 12.2 Å². The van der Waals surface area contributed by atoms with E-state index >= 15 is 0 Å². The van der Waals surface area contributed by atoms with Gasteiger partial charge in [0.05, 0.1) is 26.4 Å². The van der Waals surface area contributed by atoms with E-state index < -0.39 is 188 Å². The topological polar surface area (TPSA) is 447 Å². The molecule has 4 aliphatic rings. The molecular weight excluding hydrogens is 1200 g/mol. The summed E-state index contributed by atoms with van der Waals surface area (Å²) in [6.07, 6.45) is -15.0. The molecule has 1 saturated carbocycles. The quantitative estimate of drug-likeness (QED) is 0.0177. The van der Waals surface area contributed by atoms with Crippen molar-refractivity contribution in [2.24, 2.45) is 0 Å². The first-order valence-electron chi connectivity index (χ1n) is 32.5. The molecule has 1 aliphatic carbocycles. The van der Waals surface area contributed by atoms with Gasteiger partial charge in [0.15, 0.2) is 25.0 Å². The first-order valence-corrected chi connectivity index (χ1v) is 34.0. The van der Waals surface area contributed by atoms with E-state index in [0.29, 0.717) is 19.3 Å². The third-order valence-electron chi connectivity index (χ3n) is 16.7. The first-order chi connectivity index (χ1) is 42.6. The van der Waals surface area contributed by atoms with Crippen LogP contribution in [-0.2, 0) is 61.1 Å². The van der Waals surface area contributed by atoms with E-state index in [1.807, 2.05) is 0 Å². The largest absolute Gasteiger partial charge is 0.472 e. The van der Waals surface area contributed by atoms with Gasteiger partial charge in [0.1, 0.15) is 116 Å². The summed E-state index contributed by atoms with van der Waals surface area (Å²) in [6.45, 7) is 0.0342. The van der Waals surface area contributed by atoms with E-state index in [-0.39, 0.29) is 12.8 Å². The molecule has 0 aromatic heterocycles. The molecule has 0 spiro atoms. The third kappa shape index (κ3) is 27.0. The van der Waals surface area contributed by atoms with Crippen LogP contribution in [-0.4, -0.2) is 256 Å². The first kappa shape index (κ1) is 79.4. The number of esters is 2. The van der Waals surface area contributed by atoms with Gasteiger partial charge < -0.3 is 114 Å². The smallest absolute Gasteiger partial charge is 0.462 e. The molecule has 89 heavy (non-hydrogen) atoms. The van der Waals surface area contributed by atoms with Crippen molar-refractivity contribution in [2.45, 2.75) is 322 Å². The Labute approximate surface area is 522 Å². The molecule has 0 radical (unpaired) electrons. The molecule has 10 unspecified atom stereocenters. The predicted molar refractivity (Wildman–Crippen MR) is 315 cm³/mol. The Morgan fingerprint density at radius 2 is 0.809 bits per heavy atom. The summed E-state index contributed by atoms with van der Waals surface area (Å²) in [5.74, 6) is -1.41. The van der Waals surface area contributed by atoms with Crippen LogP contribution in [0.2, 0.25) is 0 Å². The molecule has 3 aliphatic heterocycles. The van der Waals surface area contributed by atoms with Gasteiger partial charge in [-0.1, -0.05) is 148 Å². The molecular formula is C60H109O28P. The molecule has 28 nitrogen and oxygen atoms in total. The Bertz CT molecular complexity index is 1980. The Balaban J connectivity index is 1.49. The summed E-state index contributed by atoms with van der Waals surface area (Å²) in [5, 5.41) is 150. The SMILES string of the molecule is CCCCCC/C=C\CCCCCCCC(=O)O[C@H](COC(=O)CCCCCCCCCCCCCCCC)COP(=O)(O)O[C@@H]1C(O[C@@H]2OC(CO[C@@H]3OC(CO)[C@H](O)C(O)[C@@H]3O)[C@H](O)C(O)[C@@H]2O)C(O)[C@@H](O)C(O)[C@H]1O[C@H]1OC(CO)[C@@H](O)C(O)[C@H]1O. The van der Waals surface area contributed by atoms with Gasteiger partial charge in [0.25, 0.3) is 0 Å². The average molecular weight is 1310 g/mol. The number of rotatable bonds is 45. The van der Waals surface area contributed by atoms with Gasteiger partial charge >= 0.3 is 19.8 Å². The fourth-order valence-corrected chi connectivity index (χ4v) is 12.0. The number of phosphoric ester groups is 1. The molecule has 0 aromatic rings. The van der Waals surface area contributed by atoms with Crippen LogP contribution >= 0.6 is 7.82 Å². The Kier molecular flexibility index (Phi) is 38.5. The number of hydrogen-bond donors (Lipinski definition) is 15. The van der Waals surface area contributed by atoms with Gasteiger partial charge in [-0.05, 0) is 38.5 Å². The molecule has 522 valence electrons. The lowest BCUT2D eigenvalue weighted by Gasteiger charge is -2.49. The molecule has 3 heterocycles. The van der Waals surface area contributed by atoms with Gasteiger partial charge in [-0.3, -0.25) is 18.6 Å². The van der Waals surface area contributed by atoms with Crippen LogP contribution in [0, 0.1) is 0 Å². The van der Waals surface area contributed by atoms with Gasteiger partial charge in [-0.25, -0.2) is 4.57 Å². The molecule has 4 rings (SSSR count). The summed E-state index contributed by atoms with van der Waals surface area (Å²) >= 11 is 0. The van der Waals surface area contributed by atoms with Gasteiger partial charge in [0, 0.05) is 12.8 Å². The van der Waals surface area contributed by atoms with Crippen LogP contribution < -0.4 is 0 Å². The fourth-order valence-electron chi connectivity index (χ4n) is 11.1. The van der Waals surface area contributed by atoms with Crippen molar-refractivity contribution in [1.29, 1.82) is 0 Å². The van der Waals surface area contributed by atoms with Crippen LogP contribution in [0.4, 0.5) is 0 Å². The van der Waals surface area contributed by atoms with Crippen molar-refractivity contribution in [3.63, 3.8) is 0 Å². The zero-order valence-corrected chi connectivity index (χ0v) is 52.8. The summed E-state index contributed by atoms with van der Waals surface area (Å²) in [5.41, 5.74) is 0. The lowest BCUT2D eigenvalue weighted by atomic mass is 9.84. The van der Waals surface area contributed by atoms with Crippen molar-refractivity contribution in [3.8, 4) is 0 Å². The summed E-state index contributed by atoms with van der Waals surface area (Å²) < 4.78 is 69.8. The van der Waals surface area contributed by atoms with E-state index in [4.69, 9.17) is 46.9 Å². The van der Waals surface area contributed by atoms with Crippen LogP contribution in [0.3, 0.4) is 0 Å². The minimum absolute atomic E-state index is 0.0206. The molecule has 0 bridgehead atoms. The van der Waals surface area contributed by atoms with Crippen molar-refractivity contribution < 1.29 is 137 Å². The Hall–Kier alpha value is -2.01. The average Bonchev–Trinajstić information content (AvgIpc) is 0.977. The van der Waals surface area contributed by atoms with E-state index in [0.717, 1.165) is 64.2 Å². The number of carbonyl (C=O) groups is 2. The highest BCUT2D eigenvalue weighted by atomic mass is 31.2. The van der Waals surface area contributed by atoms with Crippen LogP contribution in [0.15, 0.2) is 12.2 Å². The zero-order chi connectivity index (χ0) is 65.5. The zero-order valence-electron chi connectivity index (χ0n) is 51.9. The summed E-state index contributed by atoms with van der Waals surface area (Å²) in [4.78, 5) is 37.9. The highest BCUT2D eigenvalue weighted by Crippen LogP contribution is 2.49. The van der Waals surface area contributed by atoms with Gasteiger partial charge in [0.2, 0.25) is 0 Å². The highest BCUT2D eigenvalue weighted by molar-refractivity contribution is 7.47. The van der Waals surface area contributed by atoms with Crippen molar-refractivity contribution in [1.82, 2.24) is 0 Å². The van der Waals surface area contributed by atoms with Crippen molar-refractivity contribution in [2.75, 3.05) is 33.0 Å². The van der Waals surface area contributed by atoms with Crippen LogP contribution in [0.1, 0.15) is 187 Å². The maximum Gasteiger partial charge on any atom is 0.472 e. The van der Waals surface area contributed by atoms with Crippen LogP contribution in [0.5, 0.6) is 0 Å². The normalized spacial score (nSPS) is 34.6. The fraction of sp³-hybridized carbons (Fsp3) is 0.933.